The van der Waals surface area contributed by atoms with E-state index in [-0.39, 0.29) is 26.5 Å². The molecule has 5 nitrogen and oxygen atoms in total. The Morgan fingerprint density at radius 2 is 2.10 bits per heavy atom. The molecule has 0 unspecified atom stereocenters. The molecule has 21 heavy (non-hydrogen) atoms. The normalized spacial score (nSPS) is 13.7. The van der Waals surface area contributed by atoms with Crippen molar-refractivity contribution in [3.63, 3.8) is 0 Å². The van der Waals surface area contributed by atoms with Gasteiger partial charge in [-0.05, 0) is 6.42 Å². The molecule has 2 amide bonds. The fourth-order valence-corrected chi connectivity index (χ4v) is 2.82. The number of carbonyl (C=O) groups is 2. The van der Waals surface area contributed by atoms with E-state index in [0.717, 1.165) is 25.0 Å². The molecule has 0 aromatic carbocycles. The lowest BCUT2D eigenvalue weighted by molar-refractivity contribution is -0.134. The predicted octanol–water partition coefficient (Wildman–Crippen LogP) is 2.44. The highest BCUT2D eigenvalue weighted by Gasteiger charge is 2.23. The zero-order valence-electron chi connectivity index (χ0n) is 13.1. The molecule has 0 spiro atoms. The Balaban J connectivity index is 0. The van der Waals surface area contributed by atoms with Crippen LogP contribution >= 0.6 is 24.0 Å². The molecule has 0 bridgehead atoms. The minimum absolute atomic E-state index is 0. The second-order valence-electron chi connectivity index (χ2n) is 4.21. The standard InChI is InChI=1S/C12H20N2O3S2.C2H6.H2/c1-2-3-4-5-13-10(15)8-17-9-11(16)14-6-7-19-12(14)18;1-2;/h2-9H2,1H3,(H,13,15);1-2H3;1H. The molecule has 7 heteroatoms. The second kappa shape index (κ2) is 13.0. The molecule has 124 valence electrons. The van der Waals surface area contributed by atoms with Gasteiger partial charge in [-0.15, -0.1) is 0 Å². The number of amides is 2. The average Bonchev–Trinajstić information content (AvgIpc) is 2.92. The highest BCUT2D eigenvalue weighted by Crippen LogP contribution is 2.17. The zero-order chi connectivity index (χ0) is 16.1. The van der Waals surface area contributed by atoms with Crippen molar-refractivity contribution in [1.82, 2.24) is 10.2 Å². The van der Waals surface area contributed by atoms with Gasteiger partial charge in [-0.25, -0.2) is 0 Å². The van der Waals surface area contributed by atoms with Gasteiger partial charge in [0.15, 0.2) is 0 Å². The number of ether oxygens (including phenoxy) is 1. The van der Waals surface area contributed by atoms with E-state index in [9.17, 15) is 9.59 Å². The molecule has 0 radical (unpaired) electrons. The Labute approximate surface area is 138 Å². The maximum atomic E-state index is 11.7. The number of carbonyl (C=O) groups excluding carboxylic acids is 2. The zero-order valence-corrected chi connectivity index (χ0v) is 14.8. The van der Waals surface area contributed by atoms with Crippen molar-refractivity contribution < 1.29 is 15.8 Å². The molecule has 0 aliphatic carbocycles. The van der Waals surface area contributed by atoms with E-state index >= 15 is 0 Å². The van der Waals surface area contributed by atoms with Crippen LogP contribution in [0.2, 0.25) is 0 Å². The van der Waals surface area contributed by atoms with Crippen LogP contribution in [0.4, 0.5) is 0 Å². The summed E-state index contributed by atoms with van der Waals surface area (Å²) in [6.07, 6.45) is 3.19. The molecule has 1 heterocycles. The predicted molar refractivity (Wildman–Crippen MR) is 93.6 cm³/mol. The van der Waals surface area contributed by atoms with E-state index in [2.05, 4.69) is 12.2 Å². The number of nitrogens with zero attached hydrogens (tertiary/aromatic N) is 1. The van der Waals surface area contributed by atoms with Gasteiger partial charge in [0.1, 0.15) is 17.5 Å². The Morgan fingerprint density at radius 1 is 1.38 bits per heavy atom. The summed E-state index contributed by atoms with van der Waals surface area (Å²) in [6.45, 7) is 7.23. The van der Waals surface area contributed by atoms with Crippen LogP contribution in [-0.2, 0) is 14.3 Å². The van der Waals surface area contributed by atoms with Crippen LogP contribution in [0.5, 0.6) is 0 Å². The summed E-state index contributed by atoms with van der Waals surface area (Å²) in [5.74, 6) is 0.485. The third kappa shape index (κ3) is 9.06. The number of hydrogen-bond donors (Lipinski definition) is 1. The highest BCUT2D eigenvalue weighted by atomic mass is 32.2. The van der Waals surface area contributed by atoms with E-state index in [4.69, 9.17) is 17.0 Å². The van der Waals surface area contributed by atoms with Gasteiger partial charge in [0.25, 0.3) is 5.91 Å². The van der Waals surface area contributed by atoms with Gasteiger partial charge in [-0.2, -0.15) is 0 Å². The van der Waals surface area contributed by atoms with E-state index in [1.54, 1.807) is 0 Å². The smallest absolute Gasteiger partial charge is 0.254 e. The van der Waals surface area contributed by atoms with E-state index in [0.29, 0.717) is 17.4 Å². The highest BCUT2D eigenvalue weighted by molar-refractivity contribution is 8.23. The van der Waals surface area contributed by atoms with Crippen molar-refractivity contribution in [3.05, 3.63) is 0 Å². The van der Waals surface area contributed by atoms with Crippen molar-refractivity contribution >= 4 is 40.1 Å². The number of hydrogen-bond acceptors (Lipinski definition) is 5. The van der Waals surface area contributed by atoms with E-state index < -0.39 is 0 Å². The fourth-order valence-electron chi connectivity index (χ4n) is 1.58. The lowest BCUT2D eigenvalue weighted by Crippen LogP contribution is -2.35. The first kappa shape index (κ1) is 20.3. The molecule has 1 saturated heterocycles. The number of unbranched alkanes of at least 4 members (excludes halogenated alkanes) is 2. The SMILES string of the molecule is CC.CCCCCNC(=O)COCC(=O)N1CCSC1=S.[HH]. The molecule has 0 aromatic rings. The number of thiocarbonyl (C=S) groups is 1. The molecule has 1 fully saturated rings. The van der Waals surface area contributed by atoms with Crippen LogP contribution in [0.25, 0.3) is 0 Å². The lowest BCUT2D eigenvalue weighted by atomic mass is 10.2. The largest absolute Gasteiger partial charge is 0.362 e. The van der Waals surface area contributed by atoms with Gasteiger partial charge in [0, 0.05) is 20.3 Å². The Kier molecular flexibility index (Phi) is 12.6. The van der Waals surface area contributed by atoms with Crippen LogP contribution in [0.15, 0.2) is 0 Å². The van der Waals surface area contributed by atoms with Gasteiger partial charge < -0.3 is 10.1 Å². The number of rotatable bonds is 8. The van der Waals surface area contributed by atoms with Crippen LogP contribution < -0.4 is 5.32 Å². The average molecular weight is 337 g/mol. The van der Waals surface area contributed by atoms with E-state index in [1.165, 1.54) is 16.7 Å². The van der Waals surface area contributed by atoms with Crippen molar-refractivity contribution in [3.8, 4) is 0 Å². The summed E-state index contributed by atoms with van der Waals surface area (Å²) in [5.41, 5.74) is 0. The minimum atomic E-state index is -0.178. The monoisotopic (exact) mass is 336 g/mol. The summed E-state index contributed by atoms with van der Waals surface area (Å²) in [7, 11) is 0. The maximum absolute atomic E-state index is 11.7. The Hall–Kier alpha value is -0.660. The molecule has 0 atom stereocenters. The fraction of sp³-hybridized carbons (Fsp3) is 0.786. The molecule has 1 N–H and O–H groups in total. The number of thioether (sulfide) groups is 1. The first-order chi connectivity index (χ1) is 10.1. The molecular formula is C14H28N2O3S2. The Bertz CT molecular complexity index is 344. The van der Waals surface area contributed by atoms with Crippen molar-refractivity contribution in [1.29, 1.82) is 0 Å². The summed E-state index contributed by atoms with van der Waals surface area (Å²) < 4.78 is 5.70. The maximum Gasteiger partial charge on any atom is 0.254 e. The molecule has 0 saturated carbocycles. The van der Waals surface area contributed by atoms with Gasteiger partial charge in [0.2, 0.25) is 5.91 Å². The van der Waals surface area contributed by atoms with Gasteiger partial charge in [-0.1, -0.05) is 57.6 Å². The summed E-state index contributed by atoms with van der Waals surface area (Å²) in [5, 5.41) is 2.75. The first-order valence-corrected chi connectivity index (χ1v) is 8.86. The third-order valence-corrected chi connectivity index (χ3v) is 4.05. The molecule has 0 aromatic heterocycles. The van der Waals surface area contributed by atoms with Gasteiger partial charge >= 0.3 is 0 Å². The summed E-state index contributed by atoms with van der Waals surface area (Å²) in [6, 6.07) is 0. The topological polar surface area (TPSA) is 58.6 Å². The Morgan fingerprint density at radius 3 is 2.67 bits per heavy atom. The van der Waals surface area contributed by atoms with Crippen molar-refractivity contribution in [2.45, 2.75) is 40.0 Å². The molecule has 1 rings (SSSR count). The molecular weight excluding hydrogens is 308 g/mol. The van der Waals surface area contributed by atoms with Gasteiger partial charge in [-0.3, -0.25) is 14.5 Å². The van der Waals surface area contributed by atoms with Crippen molar-refractivity contribution in [2.24, 2.45) is 0 Å². The third-order valence-electron chi connectivity index (χ3n) is 2.62. The van der Waals surface area contributed by atoms with Crippen LogP contribution in [0.3, 0.4) is 0 Å². The van der Waals surface area contributed by atoms with Crippen LogP contribution in [-0.4, -0.2) is 53.1 Å². The summed E-state index contributed by atoms with van der Waals surface area (Å²) in [4.78, 5) is 24.6. The molecule has 1 aliphatic heterocycles. The van der Waals surface area contributed by atoms with Crippen molar-refractivity contribution in [2.75, 3.05) is 32.1 Å². The number of nitrogens with one attached hydrogen (secondary N) is 1. The second-order valence-corrected chi connectivity index (χ2v) is 5.94. The minimum Gasteiger partial charge on any atom is -0.362 e. The van der Waals surface area contributed by atoms with Gasteiger partial charge in [0.05, 0.1) is 0 Å². The molecule has 1 aliphatic rings. The lowest BCUT2D eigenvalue weighted by Gasteiger charge is -2.14. The summed E-state index contributed by atoms with van der Waals surface area (Å²) >= 11 is 6.52. The quantitative estimate of drug-likeness (QED) is 0.545. The van der Waals surface area contributed by atoms with E-state index in [1.807, 2.05) is 13.8 Å². The van der Waals surface area contributed by atoms with Crippen LogP contribution in [0, 0.1) is 0 Å². The first-order valence-electron chi connectivity index (χ1n) is 7.46. The van der Waals surface area contributed by atoms with Crippen LogP contribution in [0.1, 0.15) is 41.5 Å².